The minimum Gasteiger partial charge on any atom is -0.496 e. The van der Waals surface area contributed by atoms with Crippen molar-refractivity contribution in [2.45, 2.75) is 18.5 Å². The largest absolute Gasteiger partial charge is 0.496 e. The highest BCUT2D eigenvalue weighted by molar-refractivity contribution is 5.90. The van der Waals surface area contributed by atoms with Gasteiger partial charge in [-0.15, -0.1) is 0 Å². The molecular formula is C19H19N5O4. The summed E-state index contributed by atoms with van der Waals surface area (Å²) in [6.45, 7) is 0.819. The molecular weight excluding hydrogens is 362 g/mol. The lowest BCUT2D eigenvalue weighted by Gasteiger charge is -2.15. The van der Waals surface area contributed by atoms with Crippen molar-refractivity contribution in [2.75, 3.05) is 27.4 Å². The highest BCUT2D eigenvalue weighted by atomic mass is 16.5. The first-order valence-corrected chi connectivity index (χ1v) is 8.60. The van der Waals surface area contributed by atoms with Crippen LogP contribution in [-0.4, -0.2) is 55.2 Å². The van der Waals surface area contributed by atoms with Gasteiger partial charge in [0.2, 0.25) is 0 Å². The Bertz CT molecular complexity index is 943. The van der Waals surface area contributed by atoms with Crippen LogP contribution >= 0.6 is 0 Å². The first-order valence-electron chi connectivity index (χ1n) is 8.60. The van der Waals surface area contributed by atoms with Crippen molar-refractivity contribution in [1.82, 2.24) is 15.2 Å². The number of carbonyl (C=O) groups is 1. The molecule has 1 fully saturated rings. The maximum Gasteiger partial charge on any atom is 0.307 e. The monoisotopic (exact) mass is 381 g/mol. The van der Waals surface area contributed by atoms with Gasteiger partial charge < -0.3 is 24.1 Å². The van der Waals surface area contributed by atoms with Crippen LogP contribution in [0.4, 0.5) is 0 Å². The average molecular weight is 381 g/mol. The molecule has 144 valence electrons. The number of likely N-dealkylation sites (tertiary alicyclic amines) is 1. The summed E-state index contributed by atoms with van der Waals surface area (Å²) in [7, 11) is 3.08. The second-order valence-electron chi connectivity index (χ2n) is 6.32. The Hall–Kier alpha value is -3.56. The zero-order valence-corrected chi connectivity index (χ0v) is 15.5. The molecule has 1 N–H and O–H groups in total. The Balaban J connectivity index is 1.74. The number of nitriles is 2. The number of hydrogen-bond donors (Lipinski definition) is 1. The molecule has 0 saturated carbocycles. The van der Waals surface area contributed by atoms with Crippen molar-refractivity contribution >= 4 is 5.91 Å². The summed E-state index contributed by atoms with van der Waals surface area (Å²) < 4.78 is 16.0. The van der Waals surface area contributed by atoms with Crippen LogP contribution in [0.2, 0.25) is 0 Å². The molecule has 1 unspecified atom stereocenters. The molecule has 2 heterocycles. The topological polar surface area (TPSA) is 124 Å². The van der Waals surface area contributed by atoms with Gasteiger partial charge in [-0.3, -0.25) is 4.79 Å². The van der Waals surface area contributed by atoms with E-state index in [-0.39, 0.29) is 18.0 Å². The molecule has 0 radical (unpaired) electrons. The minimum atomic E-state index is -0.470. The Labute approximate surface area is 162 Å². The van der Waals surface area contributed by atoms with Crippen molar-refractivity contribution in [3.05, 3.63) is 35.9 Å². The molecule has 9 heteroatoms. The molecule has 9 nitrogen and oxygen atoms in total. The summed E-state index contributed by atoms with van der Waals surface area (Å²) in [4.78, 5) is 18.1. The van der Waals surface area contributed by atoms with Crippen LogP contribution in [0.15, 0.2) is 28.8 Å². The summed E-state index contributed by atoms with van der Waals surface area (Å²) in [6, 6.07) is 6.66. The van der Waals surface area contributed by atoms with E-state index in [1.165, 1.54) is 13.3 Å². The summed E-state index contributed by atoms with van der Waals surface area (Å²) in [5.41, 5.74) is 0.967. The van der Waals surface area contributed by atoms with Crippen LogP contribution in [-0.2, 0) is 4.74 Å². The van der Waals surface area contributed by atoms with Gasteiger partial charge in [-0.2, -0.15) is 10.5 Å². The van der Waals surface area contributed by atoms with Crippen molar-refractivity contribution in [2.24, 2.45) is 0 Å². The van der Waals surface area contributed by atoms with Crippen LogP contribution in [0.3, 0.4) is 0 Å². The molecule has 3 rings (SSSR count). The number of amides is 1. The molecule has 0 aliphatic carbocycles. The molecule has 1 aromatic heterocycles. The third-order valence-corrected chi connectivity index (χ3v) is 4.53. The third kappa shape index (κ3) is 3.90. The zero-order chi connectivity index (χ0) is 20.1. The molecule has 0 bridgehead atoms. The Morgan fingerprint density at radius 1 is 1.43 bits per heavy atom. The van der Waals surface area contributed by atoms with E-state index in [1.54, 1.807) is 30.2 Å². The predicted octanol–water partition coefficient (Wildman–Crippen LogP) is 1.52. The van der Waals surface area contributed by atoms with E-state index >= 15 is 0 Å². The van der Waals surface area contributed by atoms with Crippen LogP contribution in [0.25, 0.3) is 11.3 Å². The first kappa shape index (κ1) is 19.2. The standard InChI is InChI=1S/C19H19N5O4/c1-26-10-14-6-13(9-24(14)11-21)23-18(25)19-22-8-17(28-19)15-5-12(7-20)3-4-16(15)27-2/h3-5,8,13-14H,6,9-10H2,1-2H3,(H,23,25)/t13-,14?/m1/s1. The predicted molar refractivity (Wildman–Crippen MR) is 97.1 cm³/mol. The number of ether oxygens (including phenoxy) is 2. The van der Waals surface area contributed by atoms with Crippen molar-refractivity contribution in [3.8, 4) is 29.3 Å². The molecule has 2 atom stereocenters. The normalized spacial score (nSPS) is 18.4. The van der Waals surface area contributed by atoms with Gasteiger partial charge in [0.05, 0.1) is 43.2 Å². The molecule has 1 amide bonds. The molecule has 28 heavy (non-hydrogen) atoms. The number of benzene rings is 1. The fraction of sp³-hybridized carbons (Fsp3) is 0.368. The Kier molecular flexibility index (Phi) is 5.78. The first-order chi connectivity index (χ1) is 13.6. The number of nitrogens with one attached hydrogen (secondary N) is 1. The summed E-state index contributed by atoms with van der Waals surface area (Å²) >= 11 is 0. The smallest absolute Gasteiger partial charge is 0.307 e. The van der Waals surface area contributed by atoms with E-state index in [4.69, 9.17) is 19.2 Å². The zero-order valence-electron chi connectivity index (χ0n) is 15.5. The van der Waals surface area contributed by atoms with E-state index in [9.17, 15) is 10.1 Å². The second kappa shape index (κ2) is 8.42. The maximum atomic E-state index is 12.5. The number of aromatic nitrogens is 1. The van der Waals surface area contributed by atoms with Gasteiger partial charge in [0.1, 0.15) is 5.75 Å². The van der Waals surface area contributed by atoms with E-state index in [0.29, 0.717) is 42.2 Å². The lowest BCUT2D eigenvalue weighted by molar-refractivity contribution is 0.0904. The minimum absolute atomic E-state index is 0.0709. The fourth-order valence-electron chi connectivity index (χ4n) is 3.21. The lowest BCUT2D eigenvalue weighted by Crippen LogP contribution is -2.36. The third-order valence-electron chi connectivity index (χ3n) is 4.53. The molecule has 1 aliphatic heterocycles. The van der Waals surface area contributed by atoms with E-state index in [1.807, 2.05) is 0 Å². The van der Waals surface area contributed by atoms with Gasteiger partial charge in [0.15, 0.2) is 12.0 Å². The lowest BCUT2D eigenvalue weighted by atomic mass is 10.1. The second-order valence-corrected chi connectivity index (χ2v) is 6.32. The van der Waals surface area contributed by atoms with Gasteiger partial charge in [-0.05, 0) is 24.6 Å². The van der Waals surface area contributed by atoms with Gasteiger partial charge >= 0.3 is 5.91 Å². The fourth-order valence-corrected chi connectivity index (χ4v) is 3.21. The van der Waals surface area contributed by atoms with Gasteiger partial charge in [-0.1, -0.05) is 0 Å². The number of hydrogen-bond acceptors (Lipinski definition) is 8. The average Bonchev–Trinajstić information content (AvgIpc) is 3.35. The number of rotatable bonds is 6. The molecule has 1 aliphatic rings. The van der Waals surface area contributed by atoms with E-state index in [0.717, 1.165) is 0 Å². The van der Waals surface area contributed by atoms with Crippen molar-refractivity contribution in [3.63, 3.8) is 0 Å². The van der Waals surface area contributed by atoms with E-state index < -0.39 is 5.91 Å². The Morgan fingerprint density at radius 3 is 2.93 bits per heavy atom. The van der Waals surface area contributed by atoms with Crippen LogP contribution in [0.1, 0.15) is 22.7 Å². The van der Waals surface area contributed by atoms with E-state index in [2.05, 4.69) is 22.6 Å². The number of oxazole rings is 1. The molecule has 2 aromatic rings. The van der Waals surface area contributed by atoms with Crippen LogP contribution in [0, 0.1) is 22.8 Å². The molecule has 1 saturated heterocycles. The Morgan fingerprint density at radius 2 is 2.25 bits per heavy atom. The molecule has 0 spiro atoms. The van der Waals surface area contributed by atoms with Crippen LogP contribution in [0.5, 0.6) is 5.75 Å². The molecule has 1 aromatic carbocycles. The van der Waals surface area contributed by atoms with Crippen LogP contribution < -0.4 is 10.1 Å². The van der Waals surface area contributed by atoms with Gasteiger partial charge in [0.25, 0.3) is 5.89 Å². The highest BCUT2D eigenvalue weighted by Gasteiger charge is 2.33. The SMILES string of the molecule is COCC1C[C@@H](NC(=O)c2ncc(-c3cc(C#N)ccc3OC)o2)CN1C#N. The number of methoxy groups -OCH3 is 2. The van der Waals surface area contributed by atoms with Gasteiger partial charge in [0, 0.05) is 19.7 Å². The highest BCUT2D eigenvalue weighted by Crippen LogP contribution is 2.31. The quantitative estimate of drug-likeness (QED) is 0.747. The van der Waals surface area contributed by atoms with Crippen molar-refractivity contribution in [1.29, 1.82) is 10.5 Å². The summed E-state index contributed by atoms with van der Waals surface area (Å²) in [6.07, 6.45) is 4.12. The number of carbonyl (C=O) groups excluding carboxylic acids is 1. The number of nitrogens with zero attached hydrogens (tertiary/aromatic N) is 4. The van der Waals surface area contributed by atoms with Gasteiger partial charge in [-0.25, -0.2) is 4.98 Å². The maximum absolute atomic E-state index is 12.5. The van der Waals surface area contributed by atoms with Crippen molar-refractivity contribution < 1.29 is 18.7 Å². The summed E-state index contributed by atoms with van der Waals surface area (Å²) in [5, 5.41) is 21.1. The summed E-state index contributed by atoms with van der Waals surface area (Å²) in [5.74, 6) is 0.257.